The normalized spacial score (nSPS) is 18.0. The summed E-state index contributed by atoms with van der Waals surface area (Å²) < 4.78 is 9.63. The third-order valence-corrected chi connectivity index (χ3v) is 2.73. The number of benzene rings is 1. The van der Waals surface area contributed by atoms with Gasteiger partial charge >= 0.3 is 11.9 Å². The summed E-state index contributed by atoms with van der Waals surface area (Å²) >= 11 is 0. The van der Waals surface area contributed by atoms with Crippen molar-refractivity contribution >= 4 is 17.6 Å². The molecule has 1 aromatic carbocycles. The fourth-order valence-electron chi connectivity index (χ4n) is 1.70. The zero-order valence-corrected chi connectivity index (χ0v) is 10.4. The second-order valence-electron chi connectivity index (χ2n) is 4.18. The smallest absolute Gasteiger partial charge is 0.377 e. The number of anilines is 1. The maximum Gasteiger partial charge on any atom is 0.377 e. The first kappa shape index (κ1) is 13.7. The maximum atomic E-state index is 11.7. The molecule has 0 saturated heterocycles. The van der Waals surface area contributed by atoms with Crippen LogP contribution in [0.25, 0.3) is 0 Å². The average molecular weight is 279 g/mol. The van der Waals surface area contributed by atoms with Crippen LogP contribution in [0.15, 0.2) is 35.8 Å². The van der Waals surface area contributed by atoms with Gasteiger partial charge in [-0.2, -0.15) is 0 Å². The van der Waals surface area contributed by atoms with Gasteiger partial charge in [0, 0.05) is 12.1 Å². The van der Waals surface area contributed by atoms with E-state index in [-0.39, 0.29) is 13.0 Å². The molecule has 0 saturated carbocycles. The van der Waals surface area contributed by atoms with Crippen molar-refractivity contribution in [3.05, 3.63) is 41.3 Å². The van der Waals surface area contributed by atoms with Crippen molar-refractivity contribution in [3.63, 3.8) is 0 Å². The molecule has 0 aromatic heterocycles. The van der Waals surface area contributed by atoms with Crippen molar-refractivity contribution in [1.82, 2.24) is 0 Å². The number of carbonyl (C=O) groups excluding carboxylic acids is 2. The predicted molar refractivity (Wildman–Crippen MR) is 67.9 cm³/mol. The minimum absolute atomic E-state index is 0.0513. The molecule has 1 aliphatic rings. The van der Waals surface area contributed by atoms with Gasteiger partial charge in [-0.3, -0.25) is 0 Å². The first-order valence-electron chi connectivity index (χ1n) is 5.85. The van der Waals surface area contributed by atoms with Crippen molar-refractivity contribution in [2.24, 2.45) is 0 Å². The van der Waals surface area contributed by atoms with E-state index in [4.69, 9.17) is 15.6 Å². The van der Waals surface area contributed by atoms with Crippen molar-refractivity contribution in [2.45, 2.75) is 12.5 Å². The minimum Gasteiger partial charge on any atom is -0.505 e. The van der Waals surface area contributed by atoms with Gasteiger partial charge in [-0.15, -0.1) is 0 Å². The summed E-state index contributed by atoms with van der Waals surface area (Å²) in [6, 6.07) is 6.29. The van der Waals surface area contributed by atoms with Crippen molar-refractivity contribution < 1.29 is 29.3 Å². The second-order valence-corrected chi connectivity index (χ2v) is 4.18. The maximum absolute atomic E-state index is 11.7. The van der Waals surface area contributed by atoms with E-state index in [1.54, 1.807) is 18.2 Å². The zero-order valence-electron chi connectivity index (χ0n) is 10.4. The lowest BCUT2D eigenvalue weighted by Gasteiger charge is -2.10. The highest BCUT2D eigenvalue weighted by Gasteiger charge is 2.34. The molecule has 0 bridgehead atoms. The molecule has 7 heteroatoms. The molecule has 0 aliphatic carbocycles. The largest absolute Gasteiger partial charge is 0.505 e. The number of nitrogens with two attached hydrogens (primary N) is 1. The van der Waals surface area contributed by atoms with Crippen molar-refractivity contribution in [2.75, 3.05) is 12.3 Å². The minimum atomic E-state index is -0.991. The van der Waals surface area contributed by atoms with Crippen molar-refractivity contribution in [3.8, 4) is 0 Å². The molecule has 0 radical (unpaired) electrons. The van der Waals surface area contributed by atoms with Gasteiger partial charge in [0.25, 0.3) is 0 Å². The van der Waals surface area contributed by atoms with Gasteiger partial charge in [-0.05, 0) is 18.2 Å². The molecule has 7 nitrogen and oxygen atoms in total. The molecule has 0 amide bonds. The number of aliphatic hydroxyl groups is 2. The van der Waals surface area contributed by atoms with E-state index in [1.165, 1.54) is 6.07 Å². The van der Waals surface area contributed by atoms with Crippen LogP contribution in [0.2, 0.25) is 0 Å². The molecule has 0 spiro atoms. The van der Waals surface area contributed by atoms with E-state index >= 15 is 0 Å². The van der Waals surface area contributed by atoms with Gasteiger partial charge in [-0.25, -0.2) is 9.59 Å². The van der Waals surface area contributed by atoms with Gasteiger partial charge in [0.15, 0.2) is 11.9 Å². The molecule has 2 rings (SSSR count). The summed E-state index contributed by atoms with van der Waals surface area (Å²) in [7, 11) is 0. The number of carbonyl (C=O) groups is 2. The molecule has 20 heavy (non-hydrogen) atoms. The summed E-state index contributed by atoms with van der Waals surface area (Å²) in [6.45, 7) is -0.0804. The number of hydrogen-bond donors (Lipinski definition) is 3. The molecule has 106 valence electrons. The fraction of sp³-hybridized carbons (Fsp3) is 0.231. The van der Waals surface area contributed by atoms with Crippen LogP contribution >= 0.6 is 0 Å². The van der Waals surface area contributed by atoms with E-state index in [9.17, 15) is 14.7 Å². The van der Waals surface area contributed by atoms with Crippen LogP contribution in [0.3, 0.4) is 0 Å². The van der Waals surface area contributed by atoms with Crippen molar-refractivity contribution in [1.29, 1.82) is 0 Å². The Balaban J connectivity index is 1.85. The lowest BCUT2D eigenvalue weighted by Crippen LogP contribution is -2.16. The SMILES string of the molecule is Nc1cccc(C(=O)OCCC2OC(=O)C(O)=C2O)c1. The Morgan fingerprint density at radius 3 is 2.75 bits per heavy atom. The van der Waals surface area contributed by atoms with Gasteiger partial charge in [0.05, 0.1) is 12.2 Å². The number of aliphatic hydroxyl groups excluding tert-OH is 2. The molecule has 4 N–H and O–H groups in total. The number of nitrogen functional groups attached to an aromatic ring is 1. The molecule has 1 heterocycles. The topological polar surface area (TPSA) is 119 Å². The predicted octanol–water partition coefficient (Wildman–Crippen LogP) is 1.07. The third kappa shape index (κ3) is 2.82. The first-order valence-corrected chi connectivity index (χ1v) is 5.85. The Hall–Kier alpha value is -2.70. The van der Waals surface area contributed by atoms with E-state index in [0.717, 1.165) is 0 Å². The molecule has 0 fully saturated rings. The number of rotatable bonds is 4. The number of cyclic esters (lactones) is 1. The lowest BCUT2D eigenvalue weighted by molar-refractivity contribution is -0.142. The van der Waals surface area contributed by atoms with Crippen LogP contribution in [0.1, 0.15) is 16.8 Å². The summed E-state index contributed by atoms with van der Waals surface area (Å²) in [5.74, 6) is -2.92. The summed E-state index contributed by atoms with van der Waals surface area (Å²) in [6.07, 6.45) is -0.938. The second kappa shape index (κ2) is 5.52. The Labute approximate surface area is 114 Å². The summed E-state index contributed by atoms with van der Waals surface area (Å²) in [5, 5.41) is 18.5. The van der Waals surface area contributed by atoms with E-state index < -0.39 is 29.6 Å². The van der Waals surface area contributed by atoms with Gasteiger partial charge < -0.3 is 25.4 Å². The first-order chi connectivity index (χ1) is 9.49. The Kier molecular flexibility index (Phi) is 3.79. The highest BCUT2D eigenvalue weighted by atomic mass is 16.6. The monoisotopic (exact) mass is 279 g/mol. The molecule has 1 aliphatic heterocycles. The van der Waals surface area contributed by atoms with Gasteiger partial charge in [-0.1, -0.05) is 6.07 Å². The van der Waals surface area contributed by atoms with E-state index in [2.05, 4.69) is 4.74 Å². The van der Waals surface area contributed by atoms with Crippen LogP contribution in [0.4, 0.5) is 5.69 Å². The highest BCUT2D eigenvalue weighted by molar-refractivity contribution is 5.90. The summed E-state index contributed by atoms with van der Waals surface area (Å²) in [5.41, 5.74) is 6.28. The van der Waals surface area contributed by atoms with Crippen LogP contribution < -0.4 is 5.73 Å². The number of hydrogen-bond acceptors (Lipinski definition) is 7. The molecule has 1 atom stereocenters. The Bertz CT molecular complexity index is 580. The molecule has 1 unspecified atom stereocenters. The van der Waals surface area contributed by atoms with Gasteiger partial charge in [0.2, 0.25) is 5.76 Å². The van der Waals surface area contributed by atoms with E-state index in [1.807, 2.05) is 0 Å². The van der Waals surface area contributed by atoms with E-state index in [0.29, 0.717) is 11.3 Å². The summed E-state index contributed by atoms with van der Waals surface area (Å²) in [4.78, 5) is 22.6. The number of ether oxygens (including phenoxy) is 2. The zero-order chi connectivity index (χ0) is 14.7. The van der Waals surface area contributed by atoms with Gasteiger partial charge in [0.1, 0.15) is 0 Å². The van der Waals surface area contributed by atoms with Crippen LogP contribution in [0, 0.1) is 0 Å². The standard InChI is InChI=1S/C13H13NO6/c14-8-3-1-2-7(6-8)12(17)19-5-4-9-10(15)11(16)13(18)20-9/h1-3,6,9,15-16H,4-5,14H2. The third-order valence-electron chi connectivity index (χ3n) is 2.73. The Morgan fingerprint density at radius 1 is 1.40 bits per heavy atom. The highest BCUT2D eigenvalue weighted by Crippen LogP contribution is 2.21. The van der Waals surface area contributed by atoms with Crippen LogP contribution in [0.5, 0.6) is 0 Å². The number of esters is 2. The fourth-order valence-corrected chi connectivity index (χ4v) is 1.70. The quantitative estimate of drug-likeness (QED) is 0.557. The lowest BCUT2D eigenvalue weighted by atomic mass is 10.2. The molecular formula is C13H13NO6. The molecule has 1 aromatic rings. The Morgan fingerprint density at radius 2 is 2.15 bits per heavy atom. The average Bonchev–Trinajstić information content (AvgIpc) is 2.66. The molecular weight excluding hydrogens is 266 g/mol. The van der Waals surface area contributed by atoms with Crippen LogP contribution in [-0.2, 0) is 14.3 Å². The van der Waals surface area contributed by atoms with Crippen LogP contribution in [-0.4, -0.2) is 34.9 Å².